The Bertz CT molecular complexity index is 644. The molecule has 1 aromatic carbocycles. The third kappa shape index (κ3) is 3.03. The monoisotopic (exact) mass is 322 g/mol. The van der Waals surface area contributed by atoms with E-state index in [0.717, 1.165) is 10.0 Å². The normalized spacial score (nSPS) is 10.2. The van der Waals surface area contributed by atoms with Gasteiger partial charge in [0.2, 0.25) is 5.88 Å². The van der Waals surface area contributed by atoms with E-state index in [4.69, 9.17) is 15.6 Å². The summed E-state index contributed by atoms with van der Waals surface area (Å²) < 4.78 is 6.48. The first-order valence-electron chi connectivity index (χ1n) is 5.40. The molecule has 0 spiro atoms. The molecule has 0 fully saturated rings. The number of halogens is 1. The number of rotatable bonds is 3. The molecule has 0 saturated heterocycles. The lowest BCUT2D eigenvalue weighted by molar-refractivity contribution is 0.0697. The summed E-state index contributed by atoms with van der Waals surface area (Å²) in [6, 6.07) is 6.73. The number of nitrogens with zero attached hydrogens (tertiary/aromatic N) is 1. The number of pyridine rings is 1. The fraction of sp³-hybridized carbons (Fsp3) is 0.0769. The van der Waals surface area contributed by atoms with Crippen LogP contribution < -0.4 is 10.5 Å². The third-order valence-corrected chi connectivity index (χ3v) is 3.38. The van der Waals surface area contributed by atoms with Crippen LogP contribution in [-0.4, -0.2) is 16.1 Å². The van der Waals surface area contributed by atoms with Crippen LogP contribution in [0.2, 0.25) is 0 Å². The van der Waals surface area contributed by atoms with E-state index in [1.807, 2.05) is 19.1 Å². The topological polar surface area (TPSA) is 85.4 Å². The van der Waals surface area contributed by atoms with Gasteiger partial charge in [-0.25, -0.2) is 9.78 Å². The van der Waals surface area contributed by atoms with E-state index in [1.54, 1.807) is 6.07 Å². The molecule has 0 amide bonds. The highest BCUT2D eigenvalue weighted by Crippen LogP contribution is 2.26. The zero-order chi connectivity index (χ0) is 14.0. The second kappa shape index (κ2) is 5.27. The molecule has 0 aliphatic carbocycles. The van der Waals surface area contributed by atoms with Crippen LogP contribution in [0, 0.1) is 6.92 Å². The van der Waals surface area contributed by atoms with Crippen LogP contribution in [0.25, 0.3) is 0 Å². The van der Waals surface area contributed by atoms with Gasteiger partial charge >= 0.3 is 5.97 Å². The van der Waals surface area contributed by atoms with Gasteiger partial charge in [0.25, 0.3) is 0 Å². The lowest BCUT2D eigenvalue weighted by Gasteiger charge is -2.08. The number of aromatic nitrogens is 1. The summed E-state index contributed by atoms with van der Waals surface area (Å²) in [5.41, 5.74) is 6.60. The molecule has 0 atom stereocenters. The average molecular weight is 323 g/mol. The molecule has 0 bridgehead atoms. The van der Waals surface area contributed by atoms with Crippen LogP contribution in [0.3, 0.4) is 0 Å². The fourth-order valence-electron chi connectivity index (χ4n) is 1.49. The highest BCUT2D eigenvalue weighted by Gasteiger charge is 2.11. The first-order valence-corrected chi connectivity index (χ1v) is 6.19. The number of aromatic carboxylic acids is 1. The van der Waals surface area contributed by atoms with Crippen LogP contribution in [0.1, 0.15) is 15.9 Å². The average Bonchev–Trinajstić information content (AvgIpc) is 2.36. The van der Waals surface area contributed by atoms with Crippen molar-refractivity contribution in [3.8, 4) is 11.6 Å². The van der Waals surface area contributed by atoms with Crippen molar-refractivity contribution in [3.05, 3.63) is 46.1 Å². The van der Waals surface area contributed by atoms with Gasteiger partial charge in [0.15, 0.2) is 0 Å². The van der Waals surface area contributed by atoms with Crippen molar-refractivity contribution in [1.29, 1.82) is 0 Å². The summed E-state index contributed by atoms with van der Waals surface area (Å²) in [7, 11) is 0. The minimum atomic E-state index is -1.11. The Morgan fingerprint density at radius 2 is 2.16 bits per heavy atom. The number of anilines is 1. The fourth-order valence-corrected chi connectivity index (χ4v) is 1.74. The van der Waals surface area contributed by atoms with E-state index in [0.29, 0.717) is 5.75 Å². The molecule has 0 saturated carbocycles. The number of nitrogen functional groups attached to an aromatic ring is 1. The Hall–Kier alpha value is -2.08. The number of benzene rings is 1. The molecule has 2 rings (SSSR count). The molecular formula is C13H11BrN2O3. The number of ether oxygens (including phenoxy) is 1. The lowest BCUT2D eigenvalue weighted by Crippen LogP contribution is -2.03. The first kappa shape index (κ1) is 13.4. The molecule has 0 unspecified atom stereocenters. The number of nitrogens with two attached hydrogens (primary N) is 1. The van der Waals surface area contributed by atoms with Gasteiger partial charge in [-0.05, 0) is 30.7 Å². The number of carboxylic acid groups (broad SMARTS) is 1. The molecule has 1 aromatic heterocycles. The molecule has 6 heteroatoms. The number of hydrogen-bond acceptors (Lipinski definition) is 4. The van der Waals surface area contributed by atoms with Gasteiger partial charge in [-0.2, -0.15) is 0 Å². The molecule has 0 aliphatic rings. The van der Waals surface area contributed by atoms with E-state index in [9.17, 15) is 4.79 Å². The summed E-state index contributed by atoms with van der Waals surface area (Å²) in [4.78, 5) is 14.9. The second-order valence-electron chi connectivity index (χ2n) is 3.93. The van der Waals surface area contributed by atoms with Gasteiger partial charge in [0.1, 0.15) is 5.75 Å². The first-order chi connectivity index (χ1) is 8.97. The lowest BCUT2D eigenvalue weighted by atomic mass is 10.2. The van der Waals surface area contributed by atoms with Gasteiger partial charge in [-0.15, -0.1) is 0 Å². The molecular weight excluding hydrogens is 312 g/mol. The van der Waals surface area contributed by atoms with Crippen LogP contribution in [-0.2, 0) is 0 Å². The predicted molar refractivity (Wildman–Crippen MR) is 74.6 cm³/mol. The second-order valence-corrected chi connectivity index (χ2v) is 4.78. The SMILES string of the molecule is Cc1cc(Oc2cc(C(=O)O)c(N)cn2)ccc1Br. The Labute approximate surface area is 118 Å². The van der Waals surface area contributed by atoms with Crippen LogP contribution in [0.15, 0.2) is 34.9 Å². The van der Waals surface area contributed by atoms with Crippen molar-refractivity contribution < 1.29 is 14.6 Å². The van der Waals surface area contributed by atoms with E-state index in [-0.39, 0.29) is 17.1 Å². The van der Waals surface area contributed by atoms with Crippen LogP contribution in [0.4, 0.5) is 5.69 Å². The number of carboxylic acids is 1. The summed E-state index contributed by atoms with van der Waals surface area (Å²) >= 11 is 3.39. The number of aryl methyl sites for hydroxylation is 1. The van der Waals surface area contributed by atoms with Crippen molar-refractivity contribution >= 4 is 27.6 Å². The maximum atomic E-state index is 11.0. The molecule has 0 radical (unpaired) electrons. The maximum absolute atomic E-state index is 11.0. The Balaban J connectivity index is 2.30. The van der Waals surface area contributed by atoms with Crippen LogP contribution >= 0.6 is 15.9 Å². The van der Waals surface area contributed by atoms with Crippen LogP contribution in [0.5, 0.6) is 11.6 Å². The van der Waals surface area contributed by atoms with Gasteiger partial charge in [0.05, 0.1) is 17.4 Å². The predicted octanol–water partition coefficient (Wildman–Crippen LogP) is 3.23. The van der Waals surface area contributed by atoms with E-state index in [2.05, 4.69) is 20.9 Å². The Kier molecular flexibility index (Phi) is 3.71. The van der Waals surface area contributed by atoms with E-state index in [1.165, 1.54) is 12.3 Å². The zero-order valence-electron chi connectivity index (χ0n) is 10.1. The van der Waals surface area contributed by atoms with E-state index >= 15 is 0 Å². The summed E-state index contributed by atoms with van der Waals surface area (Å²) in [6.07, 6.45) is 1.27. The highest BCUT2D eigenvalue weighted by molar-refractivity contribution is 9.10. The third-order valence-electron chi connectivity index (χ3n) is 2.49. The highest BCUT2D eigenvalue weighted by atomic mass is 79.9. The van der Waals surface area contributed by atoms with Crippen molar-refractivity contribution in [3.63, 3.8) is 0 Å². The maximum Gasteiger partial charge on any atom is 0.338 e. The zero-order valence-corrected chi connectivity index (χ0v) is 11.6. The summed E-state index contributed by atoms with van der Waals surface area (Å²) in [5.74, 6) is -0.348. The van der Waals surface area contributed by atoms with Crippen molar-refractivity contribution in [2.45, 2.75) is 6.92 Å². The smallest absolute Gasteiger partial charge is 0.338 e. The molecule has 5 nitrogen and oxygen atoms in total. The molecule has 2 aromatic rings. The number of carbonyl (C=O) groups is 1. The minimum Gasteiger partial charge on any atom is -0.478 e. The molecule has 19 heavy (non-hydrogen) atoms. The number of hydrogen-bond donors (Lipinski definition) is 2. The van der Waals surface area contributed by atoms with Gasteiger partial charge in [-0.1, -0.05) is 15.9 Å². The van der Waals surface area contributed by atoms with Crippen molar-refractivity contribution in [2.75, 3.05) is 5.73 Å². The summed E-state index contributed by atoms with van der Waals surface area (Å²) in [6.45, 7) is 1.93. The minimum absolute atomic E-state index is 0.0289. The standard InChI is InChI=1S/C13H11BrN2O3/c1-7-4-8(2-3-10(7)14)19-12-5-9(13(17)18)11(15)6-16-12/h2-6H,15H2,1H3,(H,17,18). The largest absolute Gasteiger partial charge is 0.478 e. The molecule has 98 valence electrons. The summed E-state index contributed by atoms with van der Waals surface area (Å²) in [5, 5.41) is 8.97. The van der Waals surface area contributed by atoms with Gasteiger partial charge in [-0.3, -0.25) is 0 Å². The molecule has 3 N–H and O–H groups in total. The van der Waals surface area contributed by atoms with Crippen molar-refractivity contribution in [2.24, 2.45) is 0 Å². The van der Waals surface area contributed by atoms with E-state index < -0.39 is 5.97 Å². The van der Waals surface area contributed by atoms with Gasteiger partial charge in [0, 0.05) is 10.5 Å². The molecule has 0 aliphatic heterocycles. The quantitative estimate of drug-likeness (QED) is 0.906. The Morgan fingerprint density at radius 3 is 2.79 bits per heavy atom. The van der Waals surface area contributed by atoms with Crippen molar-refractivity contribution in [1.82, 2.24) is 4.98 Å². The molecule has 1 heterocycles. The Morgan fingerprint density at radius 1 is 1.42 bits per heavy atom. The van der Waals surface area contributed by atoms with Gasteiger partial charge < -0.3 is 15.6 Å².